The van der Waals surface area contributed by atoms with Crippen LogP contribution in [0.25, 0.3) is 0 Å². The first-order valence-electron chi connectivity index (χ1n) is 7.76. The molecular weight excluding hydrogens is 326 g/mol. The zero-order chi connectivity index (χ0) is 17.2. The molecule has 128 valence electrons. The number of nitrogens with zero attached hydrogens (tertiary/aromatic N) is 2. The summed E-state index contributed by atoms with van der Waals surface area (Å²) < 4.78 is 28.2. The summed E-state index contributed by atoms with van der Waals surface area (Å²) in [5.74, 6) is 0.629. The smallest absolute Gasteiger partial charge is 0.238 e. The molecule has 0 amide bonds. The van der Waals surface area contributed by atoms with Crippen molar-refractivity contribution < 1.29 is 13.2 Å². The fourth-order valence-electron chi connectivity index (χ4n) is 2.80. The molecule has 2 aromatic rings. The second-order valence-corrected chi connectivity index (χ2v) is 7.32. The highest BCUT2D eigenvalue weighted by Gasteiger charge is 2.19. The third-order valence-electron chi connectivity index (χ3n) is 4.12. The minimum atomic E-state index is -3.66. The number of hydrogen-bond acceptors (Lipinski definition) is 5. The quantitative estimate of drug-likeness (QED) is 0.890. The molecule has 7 heteroatoms. The Morgan fingerprint density at radius 1 is 1.04 bits per heavy atom. The van der Waals surface area contributed by atoms with Gasteiger partial charge in [-0.25, -0.2) is 13.6 Å². The van der Waals surface area contributed by atoms with Gasteiger partial charge in [0.2, 0.25) is 10.0 Å². The van der Waals surface area contributed by atoms with Crippen molar-refractivity contribution in [3.05, 3.63) is 48.5 Å². The molecule has 1 aliphatic heterocycles. The zero-order valence-electron chi connectivity index (χ0n) is 13.6. The fraction of sp³-hybridized carbons (Fsp3) is 0.294. The Morgan fingerprint density at radius 3 is 2.38 bits per heavy atom. The van der Waals surface area contributed by atoms with Gasteiger partial charge in [0.05, 0.1) is 22.8 Å². The van der Waals surface area contributed by atoms with Gasteiger partial charge in [0.25, 0.3) is 0 Å². The van der Waals surface area contributed by atoms with Crippen LogP contribution in [0, 0.1) is 0 Å². The topological polar surface area (TPSA) is 75.9 Å². The number of anilines is 2. The van der Waals surface area contributed by atoms with E-state index >= 15 is 0 Å². The first-order valence-corrected chi connectivity index (χ1v) is 9.30. The van der Waals surface area contributed by atoms with Gasteiger partial charge in [0, 0.05) is 20.1 Å². The van der Waals surface area contributed by atoms with Gasteiger partial charge in [-0.05, 0) is 36.4 Å². The van der Waals surface area contributed by atoms with Crippen LogP contribution in [-0.4, -0.2) is 41.7 Å². The lowest BCUT2D eigenvalue weighted by atomic mass is 10.2. The van der Waals surface area contributed by atoms with Crippen LogP contribution < -0.4 is 19.7 Å². The van der Waals surface area contributed by atoms with E-state index in [-0.39, 0.29) is 4.90 Å². The van der Waals surface area contributed by atoms with Gasteiger partial charge in [-0.1, -0.05) is 12.1 Å². The van der Waals surface area contributed by atoms with Crippen molar-refractivity contribution in [2.45, 2.75) is 4.90 Å². The molecule has 2 aromatic carbocycles. The SMILES string of the molecule is CN1CCN(CCOc2ccc(S(N)(=O)=O)cc2)c2ccccc21. The predicted molar refractivity (Wildman–Crippen MR) is 95.2 cm³/mol. The summed E-state index contributed by atoms with van der Waals surface area (Å²) in [4.78, 5) is 4.63. The van der Waals surface area contributed by atoms with Crippen molar-refractivity contribution in [3.8, 4) is 5.75 Å². The third-order valence-corrected chi connectivity index (χ3v) is 5.05. The molecule has 0 saturated carbocycles. The Kier molecular flexibility index (Phi) is 4.64. The molecule has 0 saturated heterocycles. The van der Waals surface area contributed by atoms with Crippen LogP contribution in [0.1, 0.15) is 0 Å². The maximum absolute atomic E-state index is 11.2. The normalized spacial score (nSPS) is 14.4. The summed E-state index contributed by atoms with van der Waals surface area (Å²) in [6.45, 7) is 3.20. The number of hydrogen-bond donors (Lipinski definition) is 1. The van der Waals surface area contributed by atoms with Crippen LogP contribution in [0.4, 0.5) is 11.4 Å². The molecule has 0 aliphatic carbocycles. The summed E-state index contributed by atoms with van der Waals surface area (Å²) in [7, 11) is -1.57. The minimum Gasteiger partial charge on any atom is -0.492 e. The van der Waals surface area contributed by atoms with E-state index in [1.165, 1.54) is 23.5 Å². The number of rotatable bonds is 5. The number of benzene rings is 2. The van der Waals surface area contributed by atoms with Crippen LogP contribution in [0.3, 0.4) is 0 Å². The number of likely N-dealkylation sites (N-methyl/N-ethyl adjacent to an activating group) is 1. The highest BCUT2D eigenvalue weighted by atomic mass is 32.2. The van der Waals surface area contributed by atoms with Gasteiger partial charge in [-0.2, -0.15) is 0 Å². The number of primary sulfonamides is 1. The van der Waals surface area contributed by atoms with Crippen molar-refractivity contribution in [3.63, 3.8) is 0 Å². The van der Waals surface area contributed by atoms with E-state index in [0.29, 0.717) is 12.4 Å². The summed E-state index contributed by atoms with van der Waals surface area (Å²) >= 11 is 0. The van der Waals surface area contributed by atoms with Gasteiger partial charge in [0.15, 0.2) is 0 Å². The van der Waals surface area contributed by atoms with Crippen molar-refractivity contribution >= 4 is 21.4 Å². The molecule has 0 radical (unpaired) electrons. The summed E-state index contributed by atoms with van der Waals surface area (Å²) in [5.41, 5.74) is 2.43. The van der Waals surface area contributed by atoms with Crippen LogP contribution >= 0.6 is 0 Å². The lowest BCUT2D eigenvalue weighted by Gasteiger charge is -2.36. The van der Waals surface area contributed by atoms with Crippen molar-refractivity contribution in [1.82, 2.24) is 0 Å². The molecule has 1 aliphatic rings. The maximum Gasteiger partial charge on any atom is 0.238 e. The van der Waals surface area contributed by atoms with E-state index in [1.54, 1.807) is 12.1 Å². The average Bonchev–Trinajstić information content (AvgIpc) is 2.57. The molecule has 24 heavy (non-hydrogen) atoms. The second kappa shape index (κ2) is 6.70. The number of ether oxygens (including phenoxy) is 1. The van der Waals surface area contributed by atoms with Gasteiger partial charge < -0.3 is 14.5 Å². The second-order valence-electron chi connectivity index (χ2n) is 5.76. The number of fused-ring (bicyclic) bond motifs is 1. The van der Waals surface area contributed by atoms with E-state index in [1.807, 2.05) is 12.1 Å². The van der Waals surface area contributed by atoms with Crippen LogP contribution in [0.15, 0.2) is 53.4 Å². The van der Waals surface area contributed by atoms with E-state index in [2.05, 4.69) is 29.0 Å². The van der Waals surface area contributed by atoms with Crippen LogP contribution in [0.5, 0.6) is 5.75 Å². The monoisotopic (exact) mass is 347 g/mol. The Bertz CT molecular complexity index is 806. The molecule has 0 bridgehead atoms. The first kappa shape index (κ1) is 16.6. The molecule has 2 N–H and O–H groups in total. The minimum absolute atomic E-state index is 0.0860. The Morgan fingerprint density at radius 2 is 1.71 bits per heavy atom. The molecule has 0 fully saturated rings. The summed E-state index contributed by atoms with van der Waals surface area (Å²) in [5, 5.41) is 5.08. The number of sulfonamides is 1. The lowest BCUT2D eigenvalue weighted by molar-refractivity contribution is 0.323. The average molecular weight is 347 g/mol. The predicted octanol–water partition coefficient (Wildman–Crippen LogP) is 1.67. The molecule has 1 heterocycles. The number of para-hydroxylation sites is 2. The Balaban J connectivity index is 1.60. The molecule has 6 nitrogen and oxygen atoms in total. The molecule has 0 unspecified atom stereocenters. The van der Waals surface area contributed by atoms with Crippen molar-refractivity contribution in [2.24, 2.45) is 5.14 Å². The Labute approximate surface area is 142 Å². The largest absolute Gasteiger partial charge is 0.492 e. The van der Waals surface area contributed by atoms with Crippen molar-refractivity contribution in [2.75, 3.05) is 43.1 Å². The molecule has 0 spiro atoms. The van der Waals surface area contributed by atoms with E-state index in [9.17, 15) is 8.42 Å². The summed E-state index contributed by atoms with van der Waals surface area (Å²) in [6, 6.07) is 14.5. The molecule has 0 aromatic heterocycles. The van der Waals surface area contributed by atoms with Crippen molar-refractivity contribution in [1.29, 1.82) is 0 Å². The van der Waals surface area contributed by atoms with Gasteiger partial charge in [0.1, 0.15) is 12.4 Å². The molecular formula is C17H21N3O3S. The van der Waals surface area contributed by atoms with E-state index in [0.717, 1.165) is 19.6 Å². The van der Waals surface area contributed by atoms with Crippen LogP contribution in [-0.2, 0) is 10.0 Å². The lowest BCUT2D eigenvalue weighted by Crippen LogP contribution is -2.41. The third kappa shape index (κ3) is 3.63. The standard InChI is InChI=1S/C17H21N3O3S/c1-19-10-11-20(17-5-3-2-4-16(17)19)12-13-23-14-6-8-15(9-7-14)24(18,21)22/h2-9H,10-13H2,1H3,(H2,18,21,22). The molecule has 3 rings (SSSR count). The van der Waals surface area contributed by atoms with E-state index < -0.39 is 10.0 Å². The highest BCUT2D eigenvalue weighted by molar-refractivity contribution is 7.89. The highest BCUT2D eigenvalue weighted by Crippen LogP contribution is 2.31. The van der Waals surface area contributed by atoms with E-state index in [4.69, 9.17) is 9.88 Å². The fourth-order valence-corrected chi connectivity index (χ4v) is 3.31. The van der Waals surface area contributed by atoms with Gasteiger partial charge in [-0.3, -0.25) is 0 Å². The first-order chi connectivity index (χ1) is 11.4. The summed E-state index contributed by atoms with van der Waals surface area (Å²) in [6.07, 6.45) is 0. The zero-order valence-corrected chi connectivity index (χ0v) is 14.4. The van der Waals surface area contributed by atoms with Crippen LogP contribution in [0.2, 0.25) is 0 Å². The Hall–Kier alpha value is -2.25. The maximum atomic E-state index is 11.2. The number of nitrogens with two attached hydrogens (primary N) is 1. The molecule has 0 atom stereocenters. The van der Waals surface area contributed by atoms with Gasteiger partial charge >= 0.3 is 0 Å². The van der Waals surface area contributed by atoms with Gasteiger partial charge in [-0.15, -0.1) is 0 Å².